The van der Waals surface area contributed by atoms with E-state index in [4.69, 9.17) is 0 Å². The highest BCUT2D eigenvalue weighted by molar-refractivity contribution is 5.95. The molecule has 6 N–H and O–H groups in total. The molecule has 0 unspecified atom stereocenters. The summed E-state index contributed by atoms with van der Waals surface area (Å²) >= 11 is 0. The van der Waals surface area contributed by atoms with Crippen LogP contribution in [0.25, 0.3) is 0 Å². The average Bonchev–Trinajstić information content (AvgIpc) is 2.88. The smallest absolute Gasteiger partial charge is 0.245 e. The molecule has 5 atom stereocenters. The topological polar surface area (TPSA) is 157 Å². The van der Waals surface area contributed by atoms with Crippen LogP contribution in [0.4, 0.5) is 0 Å². The lowest BCUT2D eigenvalue weighted by Gasteiger charge is -2.26. The first-order chi connectivity index (χ1) is 18.6. The van der Waals surface area contributed by atoms with E-state index in [-0.39, 0.29) is 25.3 Å². The maximum Gasteiger partial charge on any atom is 0.245 e. The number of aliphatic hydroxyl groups excluding tert-OH is 2. The molecule has 1 heterocycles. The molecule has 0 bridgehead atoms. The summed E-state index contributed by atoms with van der Waals surface area (Å²) in [5.41, 5.74) is 0. The Morgan fingerprint density at radius 2 is 1.85 bits per heavy atom. The fourth-order valence-electron chi connectivity index (χ4n) is 3.77. The zero-order chi connectivity index (χ0) is 29.0. The maximum atomic E-state index is 12.9. The lowest BCUT2D eigenvalue weighted by atomic mass is 10.0. The van der Waals surface area contributed by atoms with Crippen molar-refractivity contribution in [2.24, 2.45) is 0 Å². The van der Waals surface area contributed by atoms with E-state index >= 15 is 0 Å². The van der Waals surface area contributed by atoms with Gasteiger partial charge in [0.05, 0.1) is 12.2 Å². The zero-order valence-corrected chi connectivity index (χ0v) is 23.4. The molecule has 0 saturated carbocycles. The highest BCUT2D eigenvalue weighted by Crippen LogP contribution is 2.07. The third-order valence-electron chi connectivity index (χ3n) is 6.02. The molecular formula is C29H46N4O6. The molecule has 0 radical (unpaired) electrons. The standard InChI is InChI=1S/C29H46N4O6/c1-4-5-6-7-8-9-10-11-12-13-14-15-26(37)33-27(22(3)34)29(39)32-24-20-23(35)18-19-30-25(36)17-16-21(2)31-28(24)38/h8-9,12-17,21-24,27,34-35H,4-7,10-11,18-20H2,1-3H3,(H,30,36)(H,31,38)(H,32,39)(H,33,37)/b9-8-,13-12+,15-14+,17-16+/t21-,22-,23+,24-,27-/m0/s1. The van der Waals surface area contributed by atoms with Crippen molar-refractivity contribution >= 4 is 23.6 Å². The van der Waals surface area contributed by atoms with Gasteiger partial charge in [-0.3, -0.25) is 19.2 Å². The largest absolute Gasteiger partial charge is 0.393 e. The Bertz CT molecular complexity index is 896. The number of amides is 4. The van der Waals surface area contributed by atoms with E-state index in [9.17, 15) is 29.4 Å². The van der Waals surface area contributed by atoms with Crippen molar-refractivity contribution in [2.45, 2.75) is 102 Å². The monoisotopic (exact) mass is 546 g/mol. The lowest BCUT2D eigenvalue weighted by molar-refractivity contribution is -0.134. The summed E-state index contributed by atoms with van der Waals surface area (Å²) < 4.78 is 0. The minimum atomic E-state index is -1.31. The van der Waals surface area contributed by atoms with E-state index < -0.39 is 48.1 Å². The van der Waals surface area contributed by atoms with Crippen molar-refractivity contribution in [2.75, 3.05) is 6.54 Å². The third kappa shape index (κ3) is 15.7. The second-order valence-corrected chi connectivity index (χ2v) is 9.75. The van der Waals surface area contributed by atoms with Crippen molar-refractivity contribution in [1.82, 2.24) is 21.3 Å². The number of hydrogen-bond acceptors (Lipinski definition) is 6. The summed E-state index contributed by atoms with van der Waals surface area (Å²) in [5.74, 6) is -2.23. The van der Waals surface area contributed by atoms with Gasteiger partial charge in [0.1, 0.15) is 12.1 Å². The molecule has 0 saturated heterocycles. The highest BCUT2D eigenvalue weighted by Gasteiger charge is 2.31. The SMILES string of the molecule is CCCCC/C=C\CC/C=C/C=C/C(=O)N[C@H](C(=O)N[C@H]1C[C@H](O)CCNC(=O)/C=C/[C@H](C)NC1=O)[C@H](C)O. The minimum absolute atomic E-state index is 0.108. The molecule has 10 heteroatoms. The Labute approximate surface area is 232 Å². The van der Waals surface area contributed by atoms with Crippen LogP contribution in [0.3, 0.4) is 0 Å². The van der Waals surface area contributed by atoms with E-state index in [1.54, 1.807) is 19.1 Å². The Balaban J connectivity index is 2.68. The van der Waals surface area contributed by atoms with Gasteiger partial charge in [0.15, 0.2) is 0 Å². The molecule has 10 nitrogen and oxygen atoms in total. The van der Waals surface area contributed by atoms with Crippen LogP contribution in [0.2, 0.25) is 0 Å². The van der Waals surface area contributed by atoms with E-state index in [2.05, 4.69) is 40.3 Å². The van der Waals surface area contributed by atoms with E-state index in [0.717, 1.165) is 19.3 Å². The molecule has 0 aromatic carbocycles. The minimum Gasteiger partial charge on any atom is -0.393 e. The summed E-state index contributed by atoms with van der Waals surface area (Å²) in [7, 11) is 0. The molecule has 39 heavy (non-hydrogen) atoms. The predicted molar refractivity (Wildman–Crippen MR) is 151 cm³/mol. The highest BCUT2D eigenvalue weighted by atomic mass is 16.3. The van der Waals surface area contributed by atoms with Gasteiger partial charge in [0.2, 0.25) is 23.6 Å². The molecule has 1 aliphatic heterocycles. The summed E-state index contributed by atoms with van der Waals surface area (Å²) in [5, 5.41) is 30.8. The van der Waals surface area contributed by atoms with Crippen LogP contribution < -0.4 is 21.3 Å². The second kappa shape index (κ2) is 19.8. The first-order valence-corrected chi connectivity index (χ1v) is 13.9. The average molecular weight is 547 g/mol. The van der Waals surface area contributed by atoms with Crippen molar-refractivity contribution < 1.29 is 29.4 Å². The number of allylic oxidation sites excluding steroid dienone is 5. The van der Waals surface area contributed by atoms with Gasteiger partial charge in [-0.2, -0.15) is 0 Å². The van der Waals surface area contributed by atoms with Crippen LogP contribution in [0.1, 0.15) is 72.1 Å². The number of unbranched alkanes of at least 4 members (excludes halogenated alkanes) is 4. The fraction of sp³-hybridized carbons (Fsp3) is 0.586. The number of nitrogens with one attached hydrogen (secondary N) is 4. The number of carbonyl (C=O) groups excluding carboxylic acids is 4. The van der Waals surface area contributed by atoms with E-state index in [1.165, 1.54) is 44.4 Å². The molecule has 0 aliphatic carbocycles. The number of rotatable bonds is 13. The van der Waals surface area contributed by atoms with Crippen LogP contribution >= 0.6 is 0 Å². The van der Waals surface area contributed by atoms with Gasteiger partial charge in [0.25, 0.3) is 0 Å². The number of carbonyl (C=O) groups is 4. The molecule has 0 fully saturated rings. The quantitative estimate of drug-likeness (QED) is 0.0893. The molecule has 0 aromatic heterocycles. The van der Waals surface area contributed by atoms with Gasteiger partial charge in [-0.05, 0) is 46.0 Å². The van der Waals surface area contributed by atoms with Crippen molar-refractivity contribution in [1.29, 1.82) is 0 Å². The normalized spacial score (nSPS) is 23.5. The lowest BCUT2D eigenvalue weighted by Crippen LogP contribution is -2.58. The van der Waals surface area contributed by atoms with Gasteiger partial charge in [-0.15, -0.1) is 0 Å². The summed E-state index contributed by atoms with van der Waals surface area (Å²) in [6.45, 7) is 5.40. The van der Waals surface area contributed by atoms with Gasteiger partial charge in [-0.25, -0.2) is 0 Å². The van der Waals surface area contributed by atoms with Crippen LogP contribution in [0, 0.1) is 0 Å². The fourth-order valence-corrected chi connectivity index (χ4v) is 3.77. The first kappa shape index (κ1) is 33.8. The van der Waals surface area contributed by atoms with E-state index in [1.807, 2.05) is 6.08 Å². The number of hydrogen-bond donors (Lipinski definition) is 6. The first-order valence-electron chi connectivity index (χ1n) is 13.9. The van der Waals surface area contributed by atoms with Crippen molar-refractivity contribution in [3.8, 4) is 0 Å². The van der Waals surface area contributed by atoms with Crippen LogP contribution in [0.5, 0.6) is 0 Å². The van der Waals surface area contributed by atoms with Gasteiger partial charge >= 0.3 is 0 Å². The Kier molecular flexibility index (Phi) is 17.1. The Hall–Kier alpha value is -3.24. The summed E-state index contributed by atoms with van der Waals surface area (Å²) in [6.07, 6.45) is 18.0. The van der Waals surface area contributed by atoms with Crippen molar-refractivity contribution in [3.05, 3.63) is 48.6 Å². The van der Waals surface area contributed by atoms with Gasteiger partial charge < -0.3 is 31.5 Å². The van der Waals surface area contributed by atoms with Crippen LogP contribution in [-0.4, -0.2) is 70.7 Å². The molecule has 0 spiro atoms. The predicted octanol–water partition coefficient (Wildman–Crippen LogP) is 1.70. The van der Waals surface area contributed by atoms with Crippen LogP contribution in [0.15, 0.2) is 48.6 Å². The molecule has 0 aromatic rings. The molecule has 1 aliphatic rings. The van der Waals surface area contributed by atoms with Crippen molar-refractivity contribution in [3.63, 3.8) is 0 Å². The molecule has 218 valence electrons. The third-order valence-corrected chi connectivity index (χ3v) is 6.02. The molecule has 1 rings (SSSR count). The summed E-state index contributed by atoms with van der Waals surface area (Å²) in [4.78, 5) is 49.8. The van der Waals surface area contributed by atoms with Crippen LogP contribution in [-0.2, 0) is 19.2 Å². The van der Waals surface area contributed by atoms with Gasteiger partial charge in [0, 0.05) is 31.2 Å². The molecular weight excluding hydrogens is 500 g/mol. The molecule has 4 amide bonds. The number of aliphatic hydroxyl groups is 2. The Morgan fingerprint density at radius 1 is 1.13 bits per heavy atom. The second-order valence-electron chi connectivity index (χ2n) is 9.75. The van der Waals surface area contributed by atoms with E-state index in [0.29, 0.717) is 0 Å². The van der Waals surface area contributed by atoms with Gasteiger partial charge in [-0.1, -0.05) is 56.2 Å². The zero-order valence-electron chi connectivity index (χ0n) is 23.4. The summed E-state index contributed by atoms with van der Waals surface area (Å²) in [6, 6.07) is -2.94. The maximum absolute atomic E-state index is 12.9. The Morgan fingerprint density at radius 3 is 2.56 bits per heavy atom.